The smallest absolute Gasteiger partial charge is 0.250 e. The standard InChI is InChI=1S/C30H39N7O3/c31-29-28-24(33-34-29)16-21(18-26(28)40-22-6-2-3-7-22)20-8-9-23(30(32)39)25(17-20)36-14-12-35(13-15-36)19-27(38)37-10-4-1-5-11-37/h8-9,16-18,22H,1-7,10-15,19H2,(H2,32,39)(H3,31,33,34). The van der Waals surface area contributed by atoms with Crippen molar-refractivity contribution in [1.82, 2.24) is 20.0 Å². The first kappa shape index (κ1) is 26.4. The summed E-state index contributed by atoms with van der Waals surface area (Å²) >= 11 is 0. The van der Waals surface area contributed by atoms with Crippen LogP contribution in [0.3, 0.4) is 0 Å². The number of ether oxygens (including phenoxy) is 1. The molecule has 0 bridgehead atoms. The van der Waals surface area contributed by atoms with Crippen molar-refractivity contribution >= 4 is 34.2 Å². The fourth-order valence-corrected chi connectivity index (χ4v) is 6.35. The summed E-state index contributed by atoms with van der Waals surface area (Å²) in [6.45, 7) is 5.12. The van der Waals surface area contributed by atoms with Gasteiger partial charge in [-0.15, -0.1) is 0 Å². The third kappa shape index (κ3) is 5.45. The third-order valence-electron chi connectivity index (χ3n) is 8.63. The molecule has 3 fully saturated rings. The summed E-state index contributed by atoms with van der Waals surface area (Å²) in [7, 11) is 0. The molecule has 5 N–H and O–H groups in total. The first-order chi connectivity index (χ1) is 19.5. The lowest BCUT2D eigenvalue weighted by molar-refractivity contribution is -0.133. The lowest BCUT2D eigenvalue weighted by atomic mass is 9.99. The Kier molecular flexibility index (Phi) is 7.51. The zero-order valence-corrected chi connectivity index (χ0v) is 23.0. The number of aromatic amines is 1. The van der Waals surface area contributed by atoms with E-state index in [1.54, 1.807) is 0 Å². The number of piperazine rings is 1. The number of nitrogens with zero attached hydrogens (tertiary/aromatic N) is 4. The molecule has 1 aromatic heterocycles. The fourth-order valence-electron chi connectivity index (χ4n) is 6.35. The summed E-state index contributed by atoms with van der Waals surface area (Å²) in [5, 5.41) is 8.07. The van der Waals surface area contributed by atoms with Gasteiger partial charge in [0.25, 0.3) is 5.91 Å². The van der Waals surface area contributed by atoms with Crippen molar-refractivity contribution in [2.24, 2.45) is 5.73 Å². The zero-order chi connectivity index (χ0) is 27.6. The molecule has 40 heavy (non-hydrogen) atoms. The predicted molar refractivity (Wildman–Crippen MR) is 156 cm³/mol. The molecule has 1 aliphatic carbocycles. The van der Waals surface area contributed by atoms with Crippen molar-refractivity contribution in [3.63, 3.8) is 0 Å². The number of benzene rings is 2. The second-order valence-corrected chi connectivity index (χ2v) is 11.3. The van der Waals surface area contributed by atoms with Gasteiger partial charge >= 0.3 is 0 Å². The van der Waals surface area contributed by atoms with Gasteiger partial charge in [0.1, 0.15) is 5.75 Å². The van der Waals surface area contributed by atoms with Gasteiger partial charge in [0.05, 0.1) is 34.8 Å². The molecular formula is C30H39N7O3. The summed E-state index contributed by atoms with van der Waals surface area (Å²) in [6.07, 6.45) is 8.01. The van der Waals surface area contributed by atoms with Crippen LogP contribution in [-0.4, -0.2) is 83.7 Å². The third-order valence-corrected chi connectivity index (χ3v) is 8.63. The molecule has 0 unspecified atom stereocenters. The predicted octanol–water partition coefficient (Wildman–Crippen LogP) is 3.37. The van der Waals surface area contributed by atoms with Gasteiger partial charge in [-0.1, -0.05) is 6.07 Å². The monoisotopic (exact) mass is 545 g/mol. The summed E-state index contributed by atoms with van der Waals surface area (Å²) in [5.74, 6) is 0.929. The second kappa shape index (κ2) is 11.4. The van der Waals surface area contributed by atoms with E-state index in [0.717, 1.165) is 85.3 Å². The highest BCUT2D eigenvalue weighted by molar-refractivity contribution is 6.01. The lowest BCUT2D eigenvalue weighted by Gasteiger charge is -2.37. The molecule has 0 spiro atoms. The highest BCUT2D eigenvalue weighted by Gasteiger charge is 2.26. The van der Waals surface area contributed by atoms with E-state index >= 15 is 0 Å². The molecule has 2 aliphatic heterocycles. The second-order valence-electron chi connectivity index (χ2n) is 11.3. The number of anilines is 2. The van der Waals surface area contributed by atoms with Crippen molar-refractivity contribution in [3.05, 3.63) is 35.9 Å². The summed E-state index contributed by atoms with van der Waals surface area (Å²) in [6, 6.07) is 9.82. The summed E-state index contributed by atoms with van der Waals surface area (Å²) in [5.41, 5.74) is 16.0. The Morgan fingerprint density at radius 3 is 2.40 bits per heavy atom. The molecule has 3 aromatic rings. The highest BCUT2D eigenvalue weighted by atomic mass is 16.5. The van der Waals surface area contributed by atoms with Crippen molar-refractivity contribution in [2.45, 2.75) is 51.0 Å². The molecular weight excluding hydrogens is 506 g/mol. The number of amides is 2. The molecule has 0 atom stereocenters. The maximum absolute atomic E-state index is 12.8. The molecule has 0 radical (unpaired) electrons. The van der Waals surface area contributed by atoms with E-state index in [4.69, 9.17) is 16.2 Å². The molecule has 3 heterocycles. The molecule has 1 saturated carbocycles. The van der Waals surface area contributed by atoms with Crippen LogP contribution in [0.2, 0.25) is 0 Å². The Bertz CT molecular complexity index is 1380. The molecule has 2 aromatic carbocycles. The average Bonchev–Trinajstić information content (AvgIpc) is 3.63. The van der Waals surface area contributed by atoms with Crippen LogP contribution in [0.4, 0.5) is 11.5 Å². The van der Waals surface area contributed by atoms with Crippen LogP contribution in [0.15, 0.2) is 30.3 Å². The Morgan fingerprint density at radius 2 is 1.68 bits per heavy atom. The molecule has 10 nitrogen and oxygen atoms in total. The number of hydrogen-bond acceptors (Lipinski definition) is 7. The van der Waals surface area contributed by atoms with Crippen molar-refractivity contribution in [1.29, 1.82) is 0 Å². The Labute approximate surface area is 234 Å². The number of piperidine rings is 1. The van der Waals surface area contributed by atoms with E-state index in [9.17, 15) is 9.59 Å². The first-order valence-electron chi connectivity index (χ1n) is 14.6. The molecule has 6 rings (SSSR count). The van der Waals surface area contributed by atoms with Crippen molar-refractivity contribution in [2.75, 3.05) is 56.4 Å². The molecule has 3 aliphatic rings. The zero-order valence-electron chi connectivity index (χ0n) is 23.0. The number of rotatable bonds is 7. The number of likely N-dealkylation sites (tertiary alicyclic amines) is 1. The quantitative estimate of drug-likeness (QED) is 0.414. The Morgan fingerprint density at radius 1 is 0.925 bits per heavy atom. The van der Waals surface area contributed by atoms with Crippen LogP contribution in [-0.2, 0) is 4.79 Å². The first-order valence-corrected chi connectivity index (χ1v) is 14.6. The number of nitrogens with one attached hydrogen (secondary N) is 1. The number of fused-ring (bicyclic) bond motifs is 1. The molecule has 10 heteroatoms. The summed E-state index contributed by atoms with van der Waals surface area (Å²) < 4.78 is 6.42. The molecule has 2 saturated heterocycles. The number of primary amides is 1. The number of H-pyrrole nitrogens is 1. The van der Waals surface area contributed by atoms with Crippen LogP contribution in [0.5, 0.6) is 5.75 Å². The maximum Gasteiger partial charge on any atom is 0.250 e. The van der Waals surface area contributed by atoms with E-state index in [0.29, 0.717) is 31.0 Å². The number of nitrogens with two attached hydrogens (primary N) is 2. The highest BCUT2D eigenvalue weighted by Crippen LogP contribution is 2.38. The Hall–Kier alpha value is -3.79. The molecule has 212 valence electrons. The topological polar surface area (TPSA) is 134 Å². The minimum atomic E-state index is -0.452. The number of aromatic nitrogens is 2. The normalized spacial score (nSPS) is 18.9. The Balaban J connectivity index is 1.23. The number of carbonyl (C=O) groups excluding carboxylic acids is 2. The van der Waals surface area contributed by atoms with E-state index < -0.39 is 5.91 Å². The van der Waals surface area contributed by atoms with Crippen molar-refractivity contribution < 1.29 is 14.3 Å². The van der Waals surface area contributed by atoms with Gasteiger partial charge in [-0.25, -0.2) is 0 Å². The van der Waals surface area contributed by atoms with Gasteiger partial charge < -0.3 is 26.0 Å². The molecule has 2 amide bonds. The van der Waals surface area contributed by atoms with Gasteiger partial charge in [0.15, 0.2) is 5.82 Å². The van der Waals surface area contributed by atoms with Crippen LogP contribution in [0, 0.1) is 0 Å². The van der Waals surface area contributed by atoms with E-state index in [-0.39, 0.29) is 12.0 Å². The number of nitrogen functional groups attached to an aromatic ring is 1. The summed E-state index contributed by atoms with van der Waals surface area (Å²) in [4.78, 5) is 31.6. The minimum Gasteiger partial charge on any atom is -0.490 e. The van der Waals surface area contributed by atoms with Gasteiger partial charge in [0, 0.05) is 39.3 Å². The van der Waals surface area contributed by atoms with Crippen LogP contribution >= 0.6 is 0 Å². The van der Waals surface area contributed by atoms with Gasteiger partial charge in [-0.3, -0.25) is 19.6 Å². The van der Waals surface area contributed by atoms with E-state index in [1.165, 1.54) is 19.3 Å². The van der Waals surface area contributed by atoms with Crippen LogP contribution < -0.4 is 21.1 Å². The SMILES string of the molecule is NC(=O)c1ccc(-c2cc(OC3CCCC3)c3c(N)n[nH]c3c2)cc1N1CCN(CC(=O)N2CCCCC2)CC1. The minimum absolute atomic E-state index is 0.179. The van der Waals surface area contributed by atoms with Gasteiger partial charge in [-0.05, 0) is 80.3 Å². The van der Waals surface area contributed by atoms with E-state index in [2.05, 4.69) is 20.0 Å². The van der Waals surface area contributed by atoms with Gasteiger partial charge in [0.2, 0.25) is 5.91 Å². The number of carbonyl (C=O) groups is 2. The van der Waals surface area contributed by atoms with Crippen LogP contribution in [0.1, 0.15) is 55.3 Å². The van der Waals surface area contributed by atoms with Crippen LogP contribution in [0.25, 0.3) is 22.0 Å². The van der Waals surface area contributed by atoms with E-state index in [1.807, 2.05) is 35.2 Å². The van der Waals surface area contributed by atoms with Crippen molar-refractivity contribution in [3.8, 4) is 16.9 Å². The maximum atomic E-state index is 12.8. The average molecular weight is 546 g/mol. The lowest BCUT2D eigenvalue weighted by Crippen LogP contribution is -2.51. The largest absolute Gasteiger partial charge is 0.490 e. The fraction of sp³-hybridized carbons (Fsp3) is 0.500. The van der Waals surface area contributed by atoms with Gasteiger partial charge in [-0.2, -0.15) is 5.10 Å². The number of hydrogen-bond donors (Lipinski definition) is 3.